The maximum atomic E-state index is 13.3. The van der Waals surface area contributed by atoms with Crippen LogP contribution in [0.1, 0.15) is 24.3 Å². The number of nitrogens with one attached hydrogen (secondary N) is 1. The van der Waals surface area contributed by atoms with E-state index in [-0.39, 0.29) is 5.82 Å². The number of hydrogen-bond donors (Lipinski definition) is 1. The fraction of sp³-hybridized carbons (Fsp3) is 0.333. The summed E-state index contributed by atoms with van der Waals surface area (Å²) in [6.07, 6.45) is 0. The summed E-state index contributed by atoms with van der Waals surface area (Å²) in [7, 11) is 0. The van der Waals surface area contributed by atoms with Crippen molar-refractivity contribution in [1.82, 2.24) is 5.32 Å². The monoisotopic (exact) mass is 263 g/mol. The number of thiophene rings is 1. The maximum Gasteiger partial charge on any atom is 0.123 e. The van der Waals surface area contributed by atoms with Crippen molar-refractivity contribution in [3.63, 3.8) is 0 Å². The minimum atomic E-state index is -0.175. The van der Waals surface area contributed by atoms with E-state index in [1.165, 1.54) is 10.9 Å². The number of halogens is 1. The fourth-order valence-corrected chi connectivity index (χ4v) is 2.82. The molecule has 1 nitrogen and oxygen atoms in total. The maximum absolute atomic E-state index is 13.3. The van der Waals surface area contributed by atoms with Crippen molar-refractivity contribution < 1.29 is 4.39 Å². The highest BCUT2D eigenvalue weighted by molar-refractivity contribution is 7.15. The molecule has 18 heavy (non-hydrogen) atoms. The van der Waals surface area contributed by atoms with E-state index in [0.717, 1.165) is 22.5 Å². The van der Waals surface area contributed by atoms with Crippen molar-refractivity contribution in [2.45, 2.75) is 33.4 Å². The summed E-state index contributed by atoms with van der Waals surface area (Å²) in [4.78, 5) is 2.41. The molecule has 0 bridgehead atoms. The second-order valence-electron chi connectivity index (χ2n) is 4.76. The Labute approximate surface area is 112 Å². The van der Waals surface area contributed by atoms with Crippen molar-refractivity contribution in [2.24, 2.45) is 0 Å². The second kappa shape index (κ2) is 5.63. The number of rotatable bonds is 4. The van der Waals surface area contributed by atoms with Crippen molar-refractivity contribution >= 4 is 11.3 Å². The molecular formula is C15H18FNS. The van der Waals surface area contributed by atoms with Gasteiger partial charge in [-0.25, -0.2) is 4.39 Å². The first-order valence-electron chi connectivity index (χ1n) is 6.15. The third kappa shape index (κ3) is 3.18. The van der Waals surface area contributed by atoms with Gasteiger partial charge in [0.25, 0.3) is 0 Å². The van der Waals surface area contributed by atoms with Crippen LogP contribution >= 0.6 is 11.3 Å². The Bertz CT molecular complexity index is 531. The molecule has 0 spiro atoms. The highest BCUT2D eigenvalue weighted by atomic mass is 32.1. The first-order chi connectivity index (χ1) is 8.56. The lowest BCUT2D eigenvalue weighted by Crippen LogP contribution is -2.21. The molecule has 1 aromatic carbocycles. The lowest BCUT2D eigenvalue weighted by atomic mass is 10.1. The largest absolute Gasteiger partial charge is 0.310 e. The second-order valence-corrected chi connectivity index (χ2v) is 5.93. The van der Waals surface area contributed by atoms with Gasteiger partial charge in [-0.15, -0.1) is 11.3 Å². The molecule has 0 amide bonds. The highest BCUT2D eigenvalue weighted by Gasteiger charge is 2.07. The van der Waals surface area contributed by atoms with Crippen LogP contribution in [0.5, 0.6) is 0 Å². The van der Waals surface area contributed by atoms with Gasteiger partial charge in [-0.05, 0) is 42.3 Å². The first-order valence-corrected chi connectivity index (χ1v) is 6.96. The summed E-state index contributed by atoms with van der Waals surface area (Å²) in [6.45, 7) is 7.15. The SMILES string of the molecule is Cc1ccc(F)cc1-c1ccc(CNC(C)C)s1. The molecule has 3 heteroatoms. The van der Waals surface area contributed by atoms with Crippen LogP contribution in [0.3, 0.4) is 0 Å². The summed E-state index contributed by atoms with van der Waals surface area (Å²) in [5.74, 6) is -0.175. The van der Waals surface area contributed by atoms with E-state index in [0.29, 0.717) is 6.04 Å². The Morgan fingerprint density at radius 1 is 1.22 bits per heavy atom. The molecule has 0 radical (unpaired) electrons. The lowest BCUT2D eigenvalue weighted by molar-refractivity contribution is 0.593. The molecule has 1 heterocycles. The van der Waals surface area contributed by atoms with E-state index in [4.69, 9.17) is 0 Å². The van der Waals surface area contributed by atoms with Gasteiger partial charge in [-0.3, -0.25) is 0 Å². The molecule has 96 valence electrons. The summed E-state index contributed by atoms with van der Waals surface area (Å²) in [6, 6.07) is 9.61. The van der Waals surface area contributed by atoms with Crippen LogP contribution in [-0.4, -0.2) is 6.04 Å². The van der Waals surface area contributed by atoms with Gasteiger partial charge in [0.15, 0.2) is 0 Å². The molecule has 1 N–H and O–H groups in total. The van der Waals surface area contributed by atoms with E-state index < -0.39 is 0 Å². The van der Waals surface area contributed by atoms with Gasteiger partial charge in [0.05, 0.1) is 0 Å². The van der Waals surface area contributed by atoms with Gasteiger partial charge in [0.2, 0.25) is 0 Å². The molecule has 0 saturated heterocycles. The van der Waals surface area contributed by atoms with E-state index in [2.05, 4.69) is 31.3 Å². The summed E-state index contributed by atoms with van der Waals surface area (Å²) in [5.41, 5.74) is 2.11. The van der Waals surface area contributed by atoms with Crippen LogP contribution < -0.4 is 5.32 Å². The van der Waals surface area contributed by atoms with Crippen molar-refractivity contribution in [2.75, 3.05) is 0 Å². The van der Waals surface area contributed by atoms with Crippen LogP contribution in [0.15, 0.2) is 30.3 Å². The van der Waals surface area contributed by atoms with Crippen molar-refractivity contribution in [3.8, 4) is 10.4 Å². The number of hydrogen-bond acceptors (Lipinski definition) is 2. The average Bonchev–Trinajstić information content (AvgIpc) is 2.78. The molecule has 0 fully saturated rings. The van der Waals surface area contributed by atoms with Gasteiger partial charge >= 0.3 is 0 Å². The molecule has 0 aliphatic carbocycles. The molecule has 2 rings (SSSR count). The standard InChI is InChI=1S/C15H18FNS/c1-10(2)17-9-13-6-7-15(18-13)14-8-12(16)5-4-11(14)3/h4-8,10,17H,9H2,1-3H3. The zero-order valence-corrected chi connectivity index (χ0v) is 11.8. The Hall–Kier alpha value is -1.19. The summed E-state index contributed by atoms with van der Waals surface area (Å²) in [5, 5.41) is 3.39. The van der Waals surface area contributed by atoms with Crippen molar-refractivity contribution in [3.05, 3.63) is 46.6 Å². The minimum absolute atomic E-state index is 0.175. The molecular weight excluding hydrogens is 245 g/mol. The van der Waals surface area contributed by atoms with Crippen molar-refractivity contribution in [1.29, 1.82) is 0 Å². The zero-order chi connectivity index (χ0) is 13.1. The topological polar surface area (TPSA) is 12.0 Å². The third-order valence-electron chi connectivity index (χ3n) is 2.81. The Morgan fingerprint density at radius 3 is 2.72 bits per heavy atom. The Balaban J connectivity index is 2.21. The number of benzene rings is 1. The Morgan fingerprint density at radius 2 is 2.00 bits per heavy atom. The normalized spacial score (nSPS) is 11.2. The van der Waals surface area contributed by atoms with Gasteiger partial charge in [-0.2, -0.15) is 0 Å². The summed E-state index contributed by atoms with van der Waals surface area (Å²) < 4.78 is 13.3. The van der Waals surface area contributed by atoms with Crippen LogP contribution in [0, 0.1) is 12.7 Å². The van der Waals surface area contributed by atoms with Crippen LogP contribution in [0.2, 0.25) is 0 Å². The van der Waals surface area contributed by atoms with Gasteiger partial charge in [0, 0.05) is 22.3 Å². The Kier molecular flexibility index (Phi) is 4.15. The molecule has 2 aromatic rings. The predicted molar refractivity (Wildman–Crippen MR) is 76.4 cm³/mol. The molecule has 0 aliphatic heterocycles. The zero-order valence-electron chi connectivity index (χ0n) is 11.0. The molecule has 0 aliphatic rings. The highest BCUT2D eigenvalue weighted by Crippen LogP contribution is 2.31. The smallest absolute Gasteiger partial charge is 0.123 e. The van der Waals surface area contributed by atoms with Gasteiger partial charge in [0.1, 0.15) is 5.82 Å². The van der Waals surface area contributed by atoms with Gasteiger partial charge < -0.3 is 5.32 Å². The average molecular weight is 263 g/mol. The van der Waals surface area contributed by atoms with E-state index in [9.17, 15) is 4.39 Å². The van der Waals surface area contributed by atoms with Crippen LogP contribution in [0.4, 0.5) is 4.39 Å². The molecule has 1 aromatic heterocycles. The third-order valence-corrected chi connectivity index (χ3v) is 3.93. The van der Waals surface area contributed by atoms with Crippen LogP contribution in [0.25, 0.3) is 10.4 Å². The first kappa shape index (κ1) is 13.2. The van der Waals surface area contributed by atoms with Gasteiger partial charge in [-0.1, -0.05) is 19.9 Å². The summed E-state index contributed by atoms with van der Waals surface area (Å²) >= 11 is 1.72. The quantitative estimate of drug-likeness (QED) is 0.864. The van der Waals surface area contributed by atoms with E-state index in [1.807, 2.05) is 13.0 Å². The number of aryl methyl sites for hydroxylation is 1. The fourth-order valence-electron chi connectivity index (χ4n) is 1.78. The van der Waals surface area contributed by atoms with Crippen LogP contribution in [-0.2, 0) is 6.54 Å². The van der Waals surface area contributed by atoms with E-state index >= 15 is 0 Å². The van der Waals surface area contributed by atoms with E-state index in [1.54, 1.807) is 17.4 Å². The molecule has 0 saturated carbocycles. The molecule has 0 atom stereocenters. The minimum Gasteiger partial charge on any atom is -0.310 e. The lowest BCUT2D eigenvalue weighted by Gasteiger charge is -2.05. The molecule has 0 unspecified atom stereocenters. The predicted octanol–water partition coefficient (Wildman–Crippen LogP) is 4.36.